The zero-order valence-corrected chi connectivity index (χ0v) is 10.5. The molecule has 0 aliphatic rings. The molecule has 0 fully saturated rings. The summed E-state index contributed by atoms with van der Waals surface area (Å²) < 4.78 is 1.08. The molecule has 0 unspecified atom stereocenters. The van der Waals surface area contributed by atoms with Crippen LogP contribution in [0.15, 0.2) is 41.1 Å². The highest BCUT2D eigenvalue weighted by molar-refractivity contribution is 9.10. The van der Waals surface area contributed by atoms with Gasteiger partial charge in [0.05, 0.1) is 17.6 Å². The maximum atomic E-state index is 5.67. The van der Waals surface area contributed by atoms with Crippen LogP contribution < -0.4 is 11.1 Å². The molecule has 1 aromatic heterocycles. The van der Waals surface area contributed by atoms with Crippen molar-refractivity contribution in [2.75, 3.05) is 11.1 Å². The number of hydrogen-bond donors (Lipinski definition) is 2. The summed E-state index contributed by atoms with van der Waals surface area (Å²) in [6, 6.07) is 7.87. The van der Waals surface area contributed by atoms with E-state index >= 15 is 0 Å². The predicted molar refractivity (Wildman–Crippen MR) is 70.8 cm³/mol. The summed E-state index contributed by atoms with van der Waals surface area (Å²) in [5.41, 5.74) is 9.41. The highest BCUT2D eigenvalue weighted by Gasteiger charge is 2.02. The van der Waals surface area contributed by atoms with Crippen LogP contribution in [0, 0.1) is 6.92 Å². The molecule has 2 aromatic rings. The van der Waals surface area contributed by atoms with Crippen molar-refractivity contribution in [3.05, 3.63) is 46.7 Å². The Bertz CT molecular complexity index is 511. The Hall–Kier alpha value is -1.55. The minimum atomic E-state index is 0.651. The maximum absolute atomic E-state index is 5.67. The Morgan fingerprint density at radius 3 is 2.88 bits per heavy atom. The minimum Gasteiger partial charge on any atom is -0.397 e. The van der Waals surface area contributed by atoms with Gasteiger partial charge in [0.1, 0.15) is 0 Å². The number of hydrogen-bond acceptors (Lipinski definition) is 3. The second-order valence-corrected chi connectivity index (χ2v) is 4.40. The lowest BCUT2D eigenvalue weighted by atomic mass is 10.2. The van der Waals surface area contributed by atoms with Gasteiger partial charge in [-0.1, -0.05) is 22.0 Å². The quantitative estimate of drug-likeness (QED) is 0.884. The average molecular weight is 278 g/mol. The van der Waals surface area contributed by atoms with Crippen LogP contribution >= 0.6 is 15.9 Å². The van der Waals surface area contributed by atoms with Crippen molar-refractivity contribution >= 4 is 33.0 Å². The molecule has 0 saturated carbocycles. The highest BCUT2D eigenvalue weighted by Crippen LogP contribution is 2.26. The van der Waals surface area contributed by atoms with Crippen LogP contribution in [0.3, 0.4) is 0 Å². The number of anilines is 3. The highest BCUT2D eigenvalue weighted by atomic mass is 79.9. The first-order valence-corrected chi connectivity index (χ1v) is 5.69. The van der Waals surface area contributed by atoms with Crippen molar-refractivity contribution in [1.29, 1.82) is 0 Å². The third-order valence-electron chi connectivity index (χ3n) is 2.31. The molecule has 0 radical (unpaired) electrons. The molecule has 3 N–H and O–H groups in total. The lowest BCUT2D eigenvalue weighted by Crippen LogP contribution is -1.95. The largest absolute Gasteiger partial charge is 0.397 e. The van der Waals surface area contributed by atoms with E-state index in [1.807, 2.05) is 31.2 Å². The van der Waals surface area contributed by atoms with Crippen LogP contribution in [0.5, 0.6) is 0 Å². The number of nitrogen functional groups attached to an aromatic ring is 1. The molecule has 0 amide bonds. The lowest BCUT2D eigenvalue weighted by Gasteiger charge is -2.10. The Morgan fingerprint density at radius 2 is 2.12 bits per heavy atom. The summed E-state index contributed by atoms with van der Waals surface area (Å²) in [7, 11) is 0. The van der Waals surface area contributed by atoms with Crippen LogP contribution in [0.25, 0.3) is 0 Å². The fourth-order valence-corrected chi connectivity index (χ4v) is 1.79. The fourth-order valence-electron chi connectivity index (χ4n) is 1.42. The molecule has 1 heterocycles. The summed E-state index contributed by atoms with van der Waals surface area (Å²) in [4.78, 5) is 4.03. The molecule has 0 aliphatic heterocycles. The summed E-state index contributed by atoms with van der Waals surface area (Å²) >= 11 is 3.49. The van der Waals surface area contributed by atoms with Gasteiger partial charge in [0, 0.05) is 16.4 Å². The van der Waals surface area contributed by atoms with Gasteiger partial charge in [-0.15, -0.1) is 0 Å². The molecule has 4 heteroatoms. The van der Waals surface area contributed by atoms with Crippen molar-refractivity contribution in [1.82, 2.24) is 4.98 Å². The van der Waals surface area contributed by atoms with Gasteiger partial charge in [-0.05, 0) is 30.7 Å². The number of halogens is 1. The molecule has 2 rings (SSSR count). The summed E-state index contributed by atoms with van der Waals surface area (Å²) in [6.45, 7) is 2.05. The Labute approximate surface area is 103 Å². The van der Waals surface area contributed by atoms with E-state index in [0.717, 1.165) is 21.4 Å². The minimum absolute atomic E-state index is 0.651. The Balaban J connectivity index is 2.31. The van der Waals surface area contributed by atoms with Crippen LogP contribution in [0.1, 0.15) is 5.56 Å². The molecule has 0 atom stereocenters. The van der Waals surface area contributed by atoms with E-state index in [1.54, 1.807) is 12.4 Å². The Morgan fingerprint density at radius 1 is 1.31 bits per heavy atom. The van der Waals surface area contributed by atoms with Gasteiger partial charge in [0.25, 0.3) is 0 Å². The number of pyridine rings is 1. The smallest absolute Gasteiger partial charge is 0.0591 e. The van der Waals surface area contributed by atoms with Crippen LogP contribution in [0.4, 0.5) is 17.1 Å². The summed E-state index contributed by atoms with van der Waals surface area (Å²) in [5, 5.41) is 3.28. The standard InChI is InChI=1S/C12H12BrN3/c1-8-11(13)3-2-4-12(8)16-10-5-9(14)6-15-7-10/h2-7,16H,14H2,1H3. The van der Waals surface area contributed by atoms with Crippen molar-refractivity contribution < 1.29 is 0 Å². The van der Waals surface area contributed by atoms with E-state index in [9.17, 15) is 0 Å². The summed E-state index contributed by atoms with van der Waals surface area (Å²) in [6.07, 6.45) is 3.37. The summed E-state index contributed by atoms with van der Waals surface area (Å²) in [5.74, 6) is 0. The van der Waals surface area contributed by atoms with E-state index < -0.39 is 0 Å². The Kier molecular flexibility index (Phi) is 3.10. The van der Waals surface area contributed by atoms with Gasteiger partial charge in [0.15, 0.2) is 0 Å². The molecule has 82 valence electrons. The molecule has 16 heavy (non-hydrogen) atoms. The van der Waals surface area contributed by atoms with Gasteiger partial charge in [-0.2, -0.15) is 0 Å². The van der Waals surface area contributed by atoms with Gasteiger partial charge in [-0.3, -0.25) is 4.98 Å². The van der Waals surface area contributed by atoms with Crippen molar-refractivity contribution in [2.24, 2.45) is 0 Å². The zero-order chi connectivity index (χ0) is 11.5. The van der Waals surface area contributed by atoms with Crippen LogP contribution in [0.2, 0.25) is 0 Å². The van der Waals surface area contributed by atoms with Crippen LogP contribution in [-0.4, -0.2) is 4.98 Å². The fraction of sp³-hybridized carbons (Fsp3) is 0.0833. The molecule has 0 bridgehead atoms. The average Bonchev–Trinajstić information content (AvgIpc) is 2.25. The number of nitrogens with zero attached hydrogens (tertiary/aromatic N) is 1. The number of aromatic nitrogens is 1. The second-order valence-electron chi connectivity index (χ2n) is 3.54. The molecule has 3 nitrogen and oxygen atoms in total. The van der Waals surface area contributed by atoms with Crippen molar-refractivity contribution in [2.45, 2.75) is 6.92 Å². The molecule has 0 saturated heterocycles. The van der Waals surface area contributed by atoms with Crippen molar-refractivity contribution in [3.8, 4) is 0 Å². The molecular weight excluding hydrogens is 266 g/mol. The van der Waals surface area contributed by atoms with Gasteiger partial charge in [0.2, 0.25) is 0 Å². The van der Waals surface area contributed by atoms with E-state index in [-0.39, 0.29) is 0 Å². The van der Waals surface area contributed by atoms with E-state index in [1.165, 1.54) is 0 Å². The zero-order valence-electron chi connectivity index (χ0n) is 8.87. The normalized spacial score (nSPS) is 10.1. The van der Waals surface area contributed by atoms with Crippen molar-refractivity contribution in [3.63, 3.8) is 0 Å². The number of nitrogens with two attached hydrogens (primary N) is 1. The second kappa shape index (κ2) is 4.53. The first kappa shape index (κ1) is 11.0. The van der Waals surface area contributed by atoms with Gasteiger partial charge >= 0.3 is 0 Å². The van der Waals surface area contributed by atoms with E-state index in [4.69, 9.17) is 5.73 Å². The topological polar surface area (TPSA) is 50.9 Å². The first-order valence-electron chi connectivity index (χ1n) is 4.89. The predicted octanol–water partition coefficient (Wildman–Crippen LogP) is 3.48. The molecule has 1 aromatic carbocycles. The number of rotatable bonds is 2. The lowest BCUT2D eigenvalue weighted by molar-refractivity contribution is 1.31. The van der Waals surface area contributed by atoms with E-state index in [0.29, 0.717) is 5.69 Å². The molecular formula is C12H12BrN3. The van der Waals surface area contributed by atoms with Crippen LogP contribution in [-0.2, 0) is 0 Å². The monoisotopic (exact) mass is 277 g/mol. The third-order valence-corrected chi connectivity index (χ3v) is 3.17. The first-order chi connectivity index (χ1) is 7.66. The molecule has 0 aliphatic carbocycles. The van der Waals surface area contributed by atoms with Gasteiger partial charge in [-0.25, -0.2) is 0 Å². The third kappa shape index (κ3) is 2.33. The number of nitrogens with one attached hydrogen (secondary N) is 1. The SMILES string of the molecule is Cc1c(Br)cccc1Nc1cncc(N)c1. The van der Waals surface area contributed by atoms with Gasteiger partial charge < -0.3 is 11.1 Å². The van der Waals surface area contributed by atoms with E-state index in [2.05, 4.69) is 26.2 Å². The number of benzene rings is 1. The molecule has 0 spiro atoms. The maximum Gasteiger partial charge on any atom is 0.0591 e.